The molecular formula is C21H29NO. The van der Waals surface area contributed by atoms with Crippen LogP contribution in [0.5, 0.6) is 0 Å². The van der Waals surface area contributed by atoms with Crippen LogP contribution in [0.3, 0.4) is 0 Å². The van der Waals surface area contributed by atoms with E-state index in [0.717, 1.165) is 13.0 Å². The van der Waals surface area contributed by atoms with Gasteiger partial charge in [0.1, 0.15) is 0 Å². The third-order valence-electron chi connectivity index (χ3n) is 4.03. The SMILES string of the molecule is CCN(OCCc1ccccc1)C(c1ccccc1)C(C)(C)C. The van der Waals surface area contributed by atoms with Crippen LogP contribution in [-0.4, -0.2) is 18.2 Å². The number of benzene rings is 2. The van der Waals surface area contributed by atoms with Crippen molar-refractivity contribution in [3.8, 4) is 0 Å². The molecule has 0 spiro atoms. The Balaban J connectivity index is 2.06. The molecule has 2 rings (SSSR count). The van der Waals surface area contributed by atoms with Gasteiger partial charge in [0.05, 0.1) is 12.6 Å². The lowest BCUT2D eigenvalue weighted by Crippen LogP contribution is -2.37. The predicted octanol–water partition coefficient (Wildman–Crippen LogP) is 5.27. The van der Waals surface area contributed by atoms with Crippen LogP contribution in [0.25, 0.3) is 0 Å². The molecule has 0 radical (unpaired) electrons. The average Bonchev–Trinajstić information content (AvgIpc) is 2.54. The summed E-state index contributed by atoms with van der Waals surface area (Å²) in [7, 11) is 0. The maximum atomic E-state index is 6.17. The van der Waals surface area contributed by atoms with Crippen molar-refractivity contribution >= 4 is 0 Å². The molecular weight excluding hydrogens is 282 g/mol. The van der Waals surface area contributed by atoms with Crippen molar-refractivity contribution in [2.24, 2.45) is 5.41 Å². The van der Waals surface area contributed by atoms with E-state index in [-0.39, 0.29) is 11.5 Å². The molecule has 0 aliphatic rings. The molecule has 0 bridgehead atoms. The van der Waals surface area contributed by atoms with E-state index in [1.807, 2.05) is 6.07 Å². The van der Waals surface area contributed by atoms with Crippen molar-refractivity contribution in [2.45, 2.75) is 40.2 Å². The minimum atomic E-state index is 0.101. The maximum absolute atomic E-state index is 6.17. The molecule has 2 heteroatoms. The van der Waals surface area contributed by atoms with Crippen LogP contribution in [-0.2, 0) is 11.3 Å². The van der Waals surface area contributed by atoms with Gasteiger partial charge in [-0.3, -0.25) is 4.84 Å². The fourth-order valence-corrected chi connectivity index (χ4v) is 3.01. The van der Waals surface area contributed by atoms with Gasteiger partial charge in [-0.1, -0.05) is 88.4 Å². The van der Waals surface area contributed by atoms with Gasteiger partial charge in [-0.25, -0.2) is 0 Å². The lowest BCUT2D eigenvalue weighted by molar-refractivity contribution is -0.205. The van der Waals surface area contributed by atoms with E-state index in [4.69, 9.17) is 4.84 Å². The molecule has 0 aliphatic carbocycles. The van der Waals surface area contributed by atoms with Crippen LogP contribution < -0.4 is 0 Å². The molecule has 2 aromatic rings. The summed E-state index contributed by atoms with van der Waals surface area (Å²) in [5, 5.41) is 2.14. The van der Waals surface area contributed by atoms with E-state index in [0.29, 0.717) is 6.61 Å². The standard InChI is InChI=1S/C21H29NO/c1-5-22(23-17-16-18-12-8-6-9-13-18)20(21(2,3)4)19-14-10-7-11-15-19/h6-15,20H,5,16-17H2,1-4H3. The molecule has 0 fully saturated rings. The van der Waals surface area contributed by atoms with Gasteiger partial charge in [0.2, 0.25) is 0 Å². The van der Waals surface area contributed by atoms with Gasteiger partial charge in [-0.2, -0.15) is 5.06 Å². The highest BCUT2D eigenvalue weighted by Crippen LogP contribution is 2.37. The van der Waals surface area contributed by atoms with Crippen molar-refractivity contribution in [1.29, 1.82) is 0 Å². The summed E-state index contributed by atoms with van der Waals surface area (Å²) in [6, 6.07) is 21.4. The molecule has 2 nitrogen and oxygen atoms in total. The Bertz CT molecular complexity index is 559. The molecule has 0 saturated carbocycles. The Morgan fingerprint density at radius 2 is 1.48 bits per heavy atom. The summed E-state index contributed by atoms with van der Waals surface area (Å²) in [5.74, 6) is 0. The zero-order valence-electron chi connectivity index (χ0n) is 14.8. The Labute approximate surface area is 141 Å². The second-order valence-electron chi connectivity index (χ2n) is 6.98. The van der Waals surface area contributed by atoms with Crippen LogP contribution in [0.1, 0.15) is 44.9 Å². The summed E-state index contributed by atoms with van der Waals surface area (Å²) in [6.07, 6.45) is 0.934. The summed E-state index contributed by atoms with van der Waals surface area (Å²) < 4.78 is 0. The number of hydroxylamine groups is 2. The van der Waals surface area contributed by atoms with E-state index in [2.05, 4.69) is 87.4 Å². The van der Waals surface area contributed by atoms with Gasteiger partial charge in [0.25, 0.3) is 0 Å². The van der Waals surface area contributed by atoms with Gasteiger partial charge in [-0.15, -0.1) is 0 Å². The number of nitrogens with zero attached hydrogens (tertiary/aromatic N) is 1. The van der Waals surface area contributed by atoms with Crippen LogP contribution >= 0.6 is 0 Å². The summed E-state index contributed by atoms with van der Waals surface area (Å²) >= 11 is 0. The quantitative estimate of drug-likeness (QED) is 0.646. The monoisotopic (exact) mass is 311 g/mol. The fourth-order valence-electron chi connectivity index (χ4n) is 3.01. The highest BCUT2D eigenvalue weighted by atomic mass is 16.7. The van der Waals surface area contributed by atoms with Crippen LogP contribution in [0.15, 0.2) is 60.7 Å². The van der Waals surface area contributed by atoms with Gasteiger partial charge in [-0.05, 0) is 23.0 Å². The van der Waals surface area contributed by atoms with Crippen molar-refractivity contribution in [1.82, 2.24) is 5.06 Å². The molecule has 2 aromatic carbocycles. The predicted molar refractivity (Wildman–Crippen MR) is 97.1 cm³/mol. The second-order valence-corrected chi connectivity index (χ2v) is 6.98. The Morgan fingerprint density at radius 3 is 2.00 bits per heavy atom. The first-order chi connectivity index (χ1) is 11.0. The zero-order valence-corrected chi connectivity index (χ0v) is 14.8. The van der Waals surface area contributed by atoms with E-state index in [1.165, 1.54) is 11.1 Å². The molecule has 0 heterocycles. The highest BCUT2D eigenvalue weighted by Gasteiger charge is 2.31. The molecule has 124 valence electrons. The van der Waals surface area contributed by atoms with Gasteiger partial charge >= 0.3 is 0 Å². The lowest BCUT2D eigenvalue weighted by atomic mass is 9.82. The zero-order chi connectivity index (χ0) is 16.7. The molecule has 0 aromatic heterocycles. The van der Waals surface area contributed by atoms with Crippen LogP contribution in [0.4, 0.5) is 0 Å². The molecule has 0 saturated heterocycles. The van der Waals surface area contributed by atoms with E-state index in [1.54, 1.807) is 0 Å². The first kappa shape index (κ1) is 17.7. The second kappa shape index (κ2) is 8.28. The van der Waals surface area contributed by atoms with Crippen molar-refractivity contribution in [3.05, 3.63) is 71.8 Å². The third kappa shape index (κ3) is 5.19. The lowest BCUT2D eigenvalue weighted by Gasteiger charge is -2.39. The van der Waals surface area contributed by atoms with Gasteiger partial charge in [0.15, 0.2) is 0 Å². The topological polar surface area (TPSA) is 12.5 Å². The van der Waals surface area contributed by atoms with Gasteiger partial charge in [0, 0.05) is 6.54 Å². The number of hydrogen-bond acceptors (Lipinski definition) is 2. The van der Waals surface area contributed by atoms with E-state index in [9.17, 15) is 0 Å². The molecule has 1 atom stereocenters. The Hall–Kier alpha value is -1.64. The maximum Gasteiger partial charge on any atom is 0.0725 e. The van der Waals surface area contributed by atoms with E-state index >= 15 is 0 Å². The number of rotatable bonds is 7. The first-order valence-corrected chi connectivity index (χ1v) is 8.51. The first-order valence-electron chi connectivity index (χ1n) is 8.51. The fraction of sp³-hybridized carbons (Fsp3) is 0.429. The van der Waals surface area contributed by atoms with Crippen molar-refractivity contribution in [2.75, 3.05) is 13.2 Å². The molecule has 0 aliphatic heterocycles. The Kier molecular flexibility index (Phi) is 6.37. The van der Waals surface area contributed by atoms with Crippen LogP contribution in [0.2, 0.25) is 0 Å². The molecule has 23 heavy (non-hydrogen) atoms. The minimum absolute atomic E-state index is 0.101. The normalized spacial score (nSPS) is 13.3. The van der Waals surface area contributed by atoms with Crippen molar-refractivity contribution < 1.29 is 4.84 Å². The largest absolute Gasteiger partial charge is 0.298 e. The molecule has 0 N–H and O–H groups in total. The van der Waals surface area contributed by atoms with E-state index < -0.39 is 0 Å². The Morgan fingerprint density at radius 1 is 0.913 bits per heavy atom. The minimum Gasteiger partial charge on any atom is -0.298 e. The average molecular weight is 311 g/mol. The van der Waals surface area contributed by atoms with Gasteiger partial charge < -0.3 is 0 Å². The third-order valence-corrected chi connectivity index (χ3v) is 4.03. The van der Waals surface area contributed by atoms with Crippen molar-refractivity contribution in [3.63, 3.8) is 0 Å². The summed E-state index contributed by atoms with van der Waals surface area (Å²) in [5.41, 5.74) is 2.72. The molecule has 0 amide bonds. The summed E-state index contributed by atoms with van der Waals surface area (Å²) in [6.45, 7) is 10.5. The highest BCUT2D eigenvalue weighted by molar-refractivity contribution is 5.20. The number of hydrogen-bond donors (Lipinski definition) is 0. The molecule has 1 unspecified atom stereocenters. The smallest absolute Gasteiger partial charge is 0.0725 e. The van der Waals surface area contributed by atoms with Crippen LogP contribution in [0, 0.1) is 5.41 Å². The summed E-state index contributed by atoms with van der Waals surface area (Å²) in [4.78, 5) is 6.17.